The summed E-state index contributed by atoms with van der Waals surface area (Å²) in [6.45, 7) is 7.50. The molecular formula is C12H22ClN3S. The molecule has 5 heteroatoms. The Kier molecular flexibility index (Phi) is 6.41. The van der Waals surface area contributed by atoms with Crippen molar-refractivity contribution in [3.05, 3.63) is 16.1 Å². The van der Waals surface area contributed by atoms with Crippen LogP contribution < -0.4 is 0 Å². The van der Waals surface area contributed by atoms with E-state index in [-0.39, 0.29) is 0 Å². The molecule has 1 rings (SSSR count). The van der Waals surface area contributed by atoms with Crippen molar-refractivity contribution in [2.24, 2.45) is 0 Å². The third-order valence-electron chi connectivity index (χ3n) is 2.73. The maximum absolute atomic E-state index is 5.77. The van der Waals surface area contributed by atoms with Crippen LogP contribution in [0.4, 0.5) is 0 Å². The zero-order valence-electron chi connectivity index (χ0n) is 11.1. The van der Waals surface area contributed by atoms with Crippen molar-refractivity contribution in [2.75, 3.05) is 27.2 Å². The fourth-order valence-corrected chi connectivity index (χ4v) is 2.93. The summed E-state index contributed by atoms with van der Waals surface area (Å²) >= 11 is 7.47. The third-order valence-corrected chi connectivity index (χ3v) is 3.89. The lowest BCUT2D eigenvalue weighted by atomic mass is 10.2. The van der Waals surface area contributed by atoms with Gasteiger partial charge >= 0.3 is 0 Å². The van der Waals surface area contributed by atoms with E-state index in [2.05, 4.69) is 42.7 Å². The zero-order valence-corrected chi connectivity index (χ0v) is 12.7. The van der Waals surface area contributed by atoms with Gasteiger partial charge in [-0.1, -0.05) is 6.92 Å². The summed E-state index contributed by atoms with van der Waals surface area (Å²) in [4.78, 5) is 9.17. The lowest BCUT2D eigenvalue weighted by molar-refractivity contribution is 0.174. The molecule has 0 N–H and O–H groups in total. The number of rotatable bonds is 7. The number of likely N-dealkylation sites (N-methyl/N-ethyl adjacent to an activating group) is 2. The van der Waals surface area contributed by atoms with Crippen LogP contribution in [0.2, 0.25) is 0 Å². The Bertz CT molecular complexity index is 327. The van der Waals surface area contributed by atoms with Crippen molar-refractivity contribution in [3.8, 4) is 0 Å². The molecule has 0 saturated carbocycles. The average Bonchev–Trinajstić information content (AvgIpc) is 2.72. The van der Waals surface area contributed by atoms with Gasteiger partial charge in [-0.25, -0.2) is 4.98 Å². The highest BCUT2D eigenvalue weighted by Crippen LogP contribution is 2.15. The molecule has 0 aliphatic heterocycles. The molecule has 0 saturated heterocycles. The van der Waals surface area contributed by atoms with Crippen molar-refractivity contribution in [1.82, 2.24) is 14.8 Å². The lowest BCUT2D eigenvalue weighted by Gasteiger charge is -2.29. The quantitative estimate of drug-likeness (QED) is 0.713. The van der Waals surface area contributed by atoms with Crippen LogP contribution in [-0.4, -0.2) is 48.0 Å². The van der Waals surface area contributed by atoms with E-state index in [1.54, 1.807) is 11.3 Å². The predicted molar refractivity (Wildman–Crippen MR) is 75.8 cm³/mol. The van der Waals surface area contributed by atoms with Crippen LogP contribution in [0.15, 0.2) is 5.38 Å². The van der Waals surface area contributed by atoms with Crippen LogP contribution in [0.25, 0.3) is 0 Å². The van der Waals surface area contributed by atoms with Gasteiger partial charge in [0.15, 0.2) is 0 Å². The number of hydrogen-bond acceptors (Lipinski definition) is 4. The smallest absolute Gasteiger partial charge is 0.107 e. The SMILES string of the molecule is CCN(Cc1nc(CCl)cs1)C(C)CN(C)C. The van der Waals surface area contributed by atoms with E-state index < -0.39 is 0 Å². The van der Waals surface area contributed by atoms with E-state index >= 15 is 0 Å². The van der Waals surface area contributed by atoms with Gasteiger partial charge in [-0.15, -0.1) is 22.9 Å². The summed E-state index contributed by atoms with van der Waals surface area (Å²) in [6.07, 6.45) is 0. The second-order valence-electron chi connectivity index (χ2n) is 4.54. The predicted octanol–water partition coefficient (Wildman–Crippen LogP) is 2.65. The summed E-state index contributed by atoms with van der Waals surface area (Å²) in [5.41, 5.74) is 0.989. The Morgan fingerprint density at radius 2 is 2.18 bits per heavy atom. The van der Waals surface area contributed by atoms with Crippen molar-refractivity contribution in [3.63, 3.8) is 0 Å². The third kappa shape index (κ3) is 4.92. The molecule has 1 aromatic rings. The van der Waals surface area contributed by atoms with E-state index in [4.69, 9.17) is 11.6 Å². The largest absolute Gasteiger partial charge is 0.308 e. The highest BCUT2D eigenvalue weighted by molar-refractivity contribution is 7.09. The van der Waals surface area contributed by atoms with Crippen LogP contribution in [0, 0.1) is 0 Å². The maximum atomic E-state index is 5.77. The molecule has 1 aromatic heterocycles. The van der Waals surface area contributed by atoms with Crippen LogP contribution in [0.5, 0.6) is 0 Å². The van der Waals surface area contributed by atoms with Gasteiger partial charge in [0.1, 0.15) is 5.01 Å². The molecule has 0 spiro atoms. The molecule has 1 atom stereocenters. The van der Waals surface area contributed by atoms with Crippen molar-refractivity contribution < 1.29 is 0 Å². The van der Waals surface area contributed by atoms with Gasteiger partial charge in [0, 0.05) is 18.0 Å². The van der Waals surface area contributed by atoms with Gasteiger partial charge in [0.05, 0.1) is 18.1 Å². The Morgan fingerprint density at radius 3 is 2.65 bits per heavy atom. The fraction of sp³-hybridized carbons (Fsp3) is 0.750. The molecule has 0 amide bonds. The molecule has 1 heterocycles. The number of alkyl halides is 1. The average molecular weight is 276 g/mol. The number of aromatic nitrogens is 1. The van der Waals surface area contributed by atoms with Crippen molar-refractivity contribution in [2.45, 2.75) is 32.3 Å². The monoisotopic (exact) mass is 275 g/mol. The summed E-state index contributed by atoms with van der Waals surface area (Å²) < 4.78 is 0. The molecule has 0 aliphatic carbocycles. The van der Waals surface area contributed by atoms with Crippen LogP contribution in [0.3, 0.4) is 0 Å². The van der Waals surface area contributed by atoms with Gasteiger partial charge in [-0.3, -0.25) is 4.90 Å². The minimum atomic E-state index is 0.510. The van der Waals surface area contributed by atoms with E-state index in [1.165, 1.54) is 0 Å². The van der Waals surface area contributed by atoms with Crippen LogP contribution in [0.1, 0.15) is 24.5 Å². The van der Waals surface area contributed by atoms with Gasteiger partial charge in [-0.2, -0.15) is 0 Å². The normalized spacial score (nSPS) is 13.6. The summed E-state index contributed by atoms with van der Waals surface area (Å²) in [5.74, 6) is 0.510. The Morgan fingerprint density at radius 1 is 1.47 bits per heavy atom. The number of nitrogens with zero attached hydrogens (tertiary/aromatic N) is 3. The molecule has 0 aliphatic rings. The Balaban J connectivity index is 2.56. The van der Waals surface area contributed by atoms with Gasteiger partial charge < -0.3 is 4.90 Å². The lowest BCUT2D eigenvalue weighted by Crippen LogP contribution is -2.39. The second-order valence-corrected chi connectivity index (χ2v) is 5.75. The topological polar surface area (TPSA) is 19.4 Å². The molecule has 0 aromatic carbocycles. The summed E-state index contributed by atoms with van der Waals surface area (Å²) in [6, 6.07) is 0.540. The Labute approximate surface area is 113 Å². The van der Waals surface area contributed by atoms with Crippen molar-refractivity contribution in [1.29, 1.82) is 0 Å². The zero-order chi connectivity index (χ0) is 12.8. The van der Waals surface area contributed by atoms with E-state index in [0.717, 1.165) is 30.3 Å². The van der Waals surface area contributed by atoms with E-state index in [9.17, 15) is 0 Å². The molecule has 0 bridgehead atoms. The van der Waals surface area contributed by atoms with Gasteiger partial charge in [-0.05, 0) is 27.6 Å². The minimum absolute atomic E-state index is 0.510. The number of halogens is 1. The number of hydrogen-bond donors (Lipinski definition) is 0. The first kappa shape index (κ1) is 14.9. The highest BCUT2D eigenvalue weighted by atomic mass is 35.5. The first-order valence-electron chi connectivity index (χ1n) is 5.94. The maximum Gasteiger partial charge on any atom is 0.107 e. The molecular weight excluding hydrogens is 254 g/mol. The fourth-order valence-electron chi connectivity index (χ4n) is 1.88. The van der Waals surface area contributed by atoms with Crippen LogP contribution in [-0.2, 0) is 12.4 Å². The van der Waals surface area contributed by atoms with Gasteiger partial charge in [0.25, 0.3) is 0 Å². The molecule has 3 nitrogen and oxygen atoms in total. The summed E-state index contributed by atoms with van der Waals surface area (Å²) in [5, 5.41) is 3.21. The molecule has 1 unspecified atom stereocenters. The first-order chi connectivity index (χ1) is 8.06. The Hall–Kier alpha value is -0.160. The molecule has 0 radical (unpaired) electrons. The highest BCUT2D eigenvalue weighted by Gasteiger charge is 2.14. The van der Waals surface area contributed by atoms with Gasteiger partial charge in [0.2, 0.25) is 0 Å². The number of thiazole rings is 1. The van der Waals surface area contributed by atoms with E-state index in [0.29, 0.717) is 11.9 Å². The minimum Gasteiger partial charge on any atom is -0.308 e. The summed E-state index contributed by atoms with van der Waals surface area (Å²) in [7, 11) is 4.22. The molecule has 0 fully saturated rings. The van der Waals surface area contributed by atoms with E-state index in [1.807, 2.05) is 5.38 Å². The first-order valence-corrected chi connectivity index (χ1v) is 7.36. The van der Waals surface area contributed by atoms with Crippen LogP contribution >= 0.6 is 22.9 Å². The second kappa shape index (κ2) is 7.31. The molecule has 17 heavy (non-hydrogen) atoms. The molecule has 98 valence electrons. The standard InChI is InChI=1S/C12H22ClN3S/c1-5-16(10(2)7-15(3)4)8-12-14-11(6-13)9-17-12/h9-10H,5-8H2,1-4H3. The van der Waals surface area contributed by atoms with Crippen molar-refractivity contribution >= 4 is 22.9 Å².